The molecule has 1 aliphatic carbocycles. The highest BCUT2D eigenvalue weighted by Crippen LogP contribution is 2.54. The fourth-order valence-corrected chi connectivity index (χ4v) is 8.71. The summed E-state index contributed by atoms with van der Waals surface area (Å²) >= 11 is 1.88. The molecule has 7 aromatic carbocycles. The molecule has 1 heterocycles. The standard InChI is InChI=1S/C43H31NS/c1-43(2)36-20-8-5-17-35(36)41-33(18-11-21-37(41)43)31-15-6-9-22-38(31)44(30-26-25-28-13-3-4-14-29(28)27-30)39-23-12-19-34-32-16-7-10-24-40(32)45-42(34)39/h3-27H,1-2H3. The zero-order valence-corrected chi connectivity index (χ0v) is 26.1. The van der Waals surface area contributed by atoms with E-state index in [2.05, 4.69) is 170 Å². The van der Waals surface area contributed by atoms with Crippen molar-refractivity contribution >= 4 is 59.3 Å². The van der Waals surface area contributed by atoms with Crippen LogP contribution in [0.15, 0.2) is 152 Å². The maximum Gasteiger partial charge on any atom is 0.0640 e. The molecule has 0 atom stereocenters. The Kier molecular flexibility index (Phi) is 5.78. The summed E-state index contributed by atoms with van der Waals surface area (Å²) in [6.45, 7) is 4.72. The lowest BCUT2D eigenvalue weighted by Crippen LogP contribution is -2.15. The van der Waals surface area contributed by atoms with E-state index in [1.54, 1.807) is 0 Å². The third kappa shape index (κ3) is 3.92. The normalized spacial score (nSPS) is 13.3. The van der Waals surface area contributed by atoms with Gasteiger partial charge in [-0.25, -0.2) is 0 Å². The molecule has 0 unspecified atom stereocenters. The minimum Gasteiger partial charge on any atom is -0.308 e. The molecule has 2 heteroatoms. The van der Waals surface area contributed by atoms with Crippen molar-refractivity contribution in [1.29, 1.82) is 0 Å². The van der Waals surface area contributed by atoms with Crippen LogP contribution in [-0.2, 0) is 5.41 Å². The summed E-state index contributed by atoms with van der Waals surface area (Å²) in [5.41, 5.74) is 11.4. The summed E-state index contributed by atoms with van der Waals surface area (Å²) in [7, 11) is 0. The van der Waals surface area contributed by atoms with Gasteiger partial charge < -0.3 is 4.90 Å². The third-order valence-electron chi connectivity index (χ3n) is 9.66. The van der Waals surface area contributed by atoms with E-state index in [0.29, 0.717) is 0 Å². The Hall–Kier alpha value is -5.18. The van der Waals surface area contributed by atoms with Crippen molar-refractivity contribution < 1.29 is 0 Å². The molecule has 0 amide bonds. The van der Waals surface area contributed by atoms with Crippen LogP contribution in [0.1, 0.15) is 25.0 Å². The number of hydrogen-bond donors (Lipinski definition) is 0. The first kappa shape index (κ1) is 26.2. The number of thiophene rings is 1. The molecular formula is C43H31NS. The predicted molar refractivity (Wildman–Crippen MR) is 195 cm³/mol. The Labute approximate surface area is 267 Å². The van der Waals surface area contributed by atoms with E-state index < -0.39 is 0 Å². The van der Waals surface area contributed by atoms with Crippen LogP contribution < -0.4 is 4.90 Å². The lowest BCUT2D eigenvalue weighted by Gasteiger charge is -2.29. The van der Waals surface area contributed by atoms with Crippen LogP contribution in [0.2, 0.25) is 0 Å². The smallest absolute Gasteiger partial charge is 0.0640 e. The number of benzene rings is 7. The number of para-hydroxylation sites is 1. The second-order valence-corrected chi connectivity index (χ2v) is 13.6. The molecule has 1 nitrogen and oxygen atoms in total. The van der Waals surface area contributed by atoms with Crippen LogP contribution in [-0.4, -0.2) is 0 Å². The van der Waals surface area contributed by atoms with Gasteiger partial charge in [-0.15, -0.1) is 11.3 Å². The Morgan fingerprint density at radius 2 is 1.13 bits per heavy atom. The van der Waals surface area contributed by atoms with Crippen molar-refractivity contribution in [1.82, 2.24) is 0 Å². The Balaban J connectivity index is 1.35. The molecule has 0 fully saturated rings. The zero-order chi connectivity index (χ0) is 30.1. The van der Waals surface area contributed by atoms with Gasteiger partial charge in [0, 0.05) is 32.1 Å². The molecule has 1 aliphatic rings. The largest absolute Gasteiger partial charge is 0.308 e. The molecule has 0 N–H and O–H groups in total. The first-order valence-corrected chi connectivity index (χ1v) is 16.4. The van der Waals surface area contributed by atoms with Gasteiger partial charge in [-0.1, -0.05) is 135 Å². The number of hydrogen-bond acceptors (Lipinski definition) is 2. The van der Waals surface area contributed by atoms with E-state index >= 15 is 0 Å². The van der Waals surface area contributed by atoms with Gasteiger partial charge in [0.05, 0.1) is 16.1 Å². The summed E-state index contributed by atoms with van der Waals surface area (Å²) in [5, 5.41) is 5.09. The topological polar surface area (TPSA) is 3.24 Å². The highest BCUT2D eigenvalue weighted by atomic mass is 32.1. The molecule has 8 aromatic rings. The molecule has 1 aromatic heterocycles. The zero-order valence-electron chi connectivity index (χ0n) is 25.3. The Morgan fingerprint density at radius 3 is 2.04 bits per heavy atom. The SMILES string of the molecule is CC1(C)c2ccccc2-c2c(-c3ccccc3N(c3ccc4ccccc4c3)c3cccc4c3sc3ccccc34)cccc21. The number of anilines is 3. The average Bonchev–Trinajstić information content (AvgIpc) is 3.58. The first-order valence-electron chi connectivity index (χ1n) is 15.6. The fourth-order valence-electron chi connectivity index (χ4n) is 7.51. The fraction of sp³-hybridized carbons (Fsp3) is 0.0698. The summed E-state index contributed by atoms with van der Waals surface area (Å²) in [6.07, 6.45) is 0. The van der Waals surface area contributed by atoms with Crippen molar-refractivity contribution in [2.24, 2.45) is 0 Å². The van der Waals surface area contributed by atoms with E-state index in [-0.39, 0.29) is 5.41 Å². The molecule has 0 aliphatic heterocycles. The summed E-state index contributed by atoms with van der Waals surface area (Å²) in [6, 6.07) is 55.9. The maximum atomic E-state index is 2.49. The van der Waals surface area contributed by atoms with Gasteiger partial charge in [-0.3, -0.25) is 0 Å². The highest BCUT2D eigenvalue weighted by Gasteiger charge is 2.37. The number of fused-ring (bicyclic) bond motifs is 7. The minimum absolute atomic E-state index is 0.0580. The molecule has 214 valence electrons. The van der Waals surface area contributed by atoms with Crippen LogP contribution in [0.4, 0.5) is 17.1 Å². The van der Waals surface area contributed by atoms with E-state index in [9.17, 15) is 0 Å². The molecular weight excluding hydrogens is 563 g/mol. The molecule has 0 spiro atoms. The molecule has 0 bridgehead atoms. The Bertz CT molecular complexity index is 2430. The van der Waals surface area contributed by atoms with Gasteiger partial charge in [0.25, 0.3) is 0 Å². The minimum atomic E-state index is -0.0580. The monoisotopic (exact) mass is 593 g/mol. The molecule has 9 rings (SSSR count). The van der Waals surface area contributed by atoms with Gasteiger partial charge >= 0.3 is 0 Å². The van der Waals surface area contributed by atoms with Gasteiger partial charge in [0.15, 0.2) is 0 Å². The molecule has 0 saturated heterocycles. The molecule has 0 saturated carbocycles. The van der Waals surface area contributed by atoms with Gasteiger partial charge in [-0.2, -0.15) is 0 Å². The predicted octanol–water partition coefficient (Wildman–Crippen LogP) is 12.7. The van der Waals surface area contributed by atoms with E-state index in [1.807, 2.05) is 11.3 Å². The van der Waals surface area contributed by atoms with Gasteiger partial charge in [0.2, 0.25) is 0 Å². The van der Waals surface area contributed by atoms with Crippen molar-refractivity contribution in [2.75, 3.05) is 4.90 Å². The second-order valence-electron chi connectivity index (χ2n) is 12.5. The molecule has 0 radical (unpaired) electrons. The van der Waals surface area contributed by atoms with Gasteiger partial charge in [-0.05, 0) is 68.9 Å². The van der Waals surface area contributed by atoms with Crippen LogP contribution in [0, 0.1) is 0 Å². The van der Waals surface area contributed by atoms with Crippen LogP contribution in [0.5, 0.6) is 0 Å². The average molecular weight is 594 g/mol. The lowest BCUT2D eigenvalue weighted by molar-refractivity contribution is 0.660. The van der Waals surface area contributed by atoms with Crippen LogP contribution in [0.25, 0.3) is 53.2 Å². The maximum absolute atomic E-state index is 2.49. The van der Waals surface area contributed by atoms with Crippen molar-refractivity contribution in [3.8, 4) is 22.3 Å². The summed E-state index contributed by atoms with van der Waals surface area (Å²) in [4.78, 5) is 2.49. The van der Waals surface area contributed by atoms with Crippen LogP contribution >= 0.6 is 11.3 Å². The van der Waals surface area contributed by atoms with Gasteiger partial charge in [0.1, 0.15) is 0 Å². The van der Waals surface area contributed by atoms with Crippen molar-refractivity contribution in [3.63, 3.8) is 0 Å². The third-order valence-corrected chi connectivity index (χ3v) is 10.9. The Morgan fingerprint density at radius 1 is 0.489 bits per heavy atom. The van der Waals surface area contributed by atoms with E-state index in [0.717, 1.165) is 5.69 Å². The van der Waals surface area contributed by atoms with E-state index in [1.165, 1.54) is 75.7 Å². The number of rotatable bonds is 4. The van der Waals surface area contributed by atoms with E-state index in [4.69, 9.17) is 0 Å². The van der Waals surface area contributed by atoms with Crippen LogP contribution in [0.3, 0.4) is 0 Å². The summed E-state index contributed by atoms with van der Waals surface area (Å²) in [5.74, 6) is 0. The van der Waals surface area contributed by atoms with Crippen molar-refractivity contribution in [3.05, 3.63) is 163 Å². The second kappa shape index (κ2) is 9.92. The first-order chi connectivity index (χ1) is 22.1. The lowest BCUT2D eigenvalue weighted by atomic mass is 9.82. The number of nitrogens with zero attached hydrogens (tertiary/aromatic N) is 1. The van der Waals surface area contributed by atoms with Crippen molar-refractivity contribution in [2.45, 2.75) is 19.3 Å². The summed E-state index contributed by atoms with van der Waals surface area (Å²) < 4.78 is 2.61. The highest BCUT2D eigenvalue weighted by molar-refractivity contribution is 7.26. The molecule has 45 heavy (non-hydrogen) atoms. The quantitative estimate of drug-likeness (QED) is 0.196.